The number of hydrogen-bond acceptors (Lipinski definition) is 4. The van der Waals surface area contributed by atoms with Crippen LogP contribution in [0.15, 0.2) is 24.3 Å². The summed E-state index contributed by atoms with van der Waals surface area (Å²) in [5.74, 6) is 0. The number of nitrogens with zero attached hydrogens (tertiary/aromatic N) is 2. The third-order valence-corrected chi connectivity index (χ3v) is 4.50. The van der Waals surface area contributed by atoms with Crippen molar-refractivity contribution in [2.45, 2.75) is 46.6 Å². The minimum atomic E-state index is -0.0561. The fraction of sp³-hybridized carbons (Fsp3) is 0.471. The van der Waals surface area contributed by atoms with Crippen LogP contribution in [0.4, 0.5) is 10.8 Å². The smallest absolute Gasteiger partial charge is 0.190 e. The summed E-state index contributed by atoms with van der Waals surface area (Å²) < 4.78 is 0. The van der Waals surface area contributed by atoms with Gasteiger partial charge >= 0.3 is 0 Å². The van der Waals surface area contributed by atoms with E-state index in [0.29, 0.717) is 0 Å². The molecule has 0 atom stereocenters. The lowest BCUT2D eigenvalue weighted by Crippen LogP contribution is -2.17. The van der Waals surface area contributed by atoms with E-state index >= 15 is 0 Å². The molecule has 0 spiro atoms. The van der Waals surface area contributed by atoms with Crippen molar-refractivity contribution < 1.29 is 5.11 Å². The predicted molar refractivity (Wildman–Crippen MR) is 90.6 cm³/mol. The molecule has 4 heteroatoms. The van der Waals surface area contributed by atoms with Gasteiger partial charge in [-0.15, -0.1) is 0 Å². The monoisotopic (exact) mass is 304 g/mol. The molecule has 0 bridgehead atoms. The van der Waals surface area contributed by atoms with E-state index in [1.807, 2.05) is 0 Å². The third-order valence-electron chi connectivity index (χ3n) is 3.43. The first-order chi connectivity index (χ1) is 9.86. The van der Waals surface area contributed by atoms with Crippen molar-refractivity contribution in [1.82, 2.24) is 4.98 Å². The van der Waals surface area contributed by atoms with Gasteiger partial charge in [0.15, 0.2) is 5.13 Å². The molecule has 0 aliphatic carbocycles. The number of anilines is 2. The zero-order valence-electron chi connectivity index (χ0n) is 13.5. The normalized spacial score (nSPS) is 11.7. The van der Waals surface area contributed by atoms with Crippen molar-refractivity contribution in [2.75, 3.05) is 11.4 Å². The summed E-state index contributed by atoms with van der Waals surface area (Å²) in [5.41, 5.74) is 3.33. The van der Waals surface area contributed by atoms with E-state index < -0.39 is 0 Å². The molecule has 0 saturated heterocycles. The molecule has 0 saturated carbocycles. The van der Waals surface area contributed by atoms with Crippen LogP contribution in [0.25, 0.3) is 0 Å². The lowest BCUT2D eigenvalue weighted by atomic mass is 9.91. The van der Waals surface area contributed by atoms with Gasteiger partial charge in [0.2, 0.25) is 0 Å². The Morgan fingerprint density at radius 2 is 1.81 bits per heavy atom. The highest BCUT2D eigenvalue weighted by Gasteiger charge is 2.24. The summed E-state index contributed by atoms with van der Waals surface area (Å²) >= 11 is 1.58. The number of rotatable bonds is 4. The number of benzene rings is 1. The summed E-state index contributed by atoms with van der Waals surface area (Å²) in [4.78, 5) is 7.96. The fourth-order valence-corrected chi connectivity index (χ4v) is 3.52. The number of aromatic nitrogens is 1. The minimum absolute atomic E-state index is 0.0513. The molecular weight excluding hydrogens is 280 g/mol. The number of thiazole rings is 1. The Hall–Kier alpha value is -1.39. The molecule has 114 valence electrons. The van der Waals surface area contributed by atoms with Gasteiger partial charge < -0.3 is 10.0 Å². The second kappa shape index (κ2) is 6.16. The summed E-state index contributed by atoms with van der Waals surface area (Å²) in [7, 11) is 0. The van der Waals surface area contributed by atoms with Crippen LogP contribution in [0.1, 0.15) is 43.8 Å². The maximum Gasteiger partial charge on any atom is 0.190 e. The molecule has 1 heterocycles. The van der Waals surface area contributed by atoms with Gasteiger partial charge in [-0.2, -0.15) is 0 Å². The van der Waals surface area contributed by atoms with Crippen LogP contribution >= 0.6 is 11.3 Å². The number of hydrogen-bond donors (Lipinski definition) is 1. The molecule has 1 N–H and O–H groups in total. The van der Waals surface area contributed by atoms with E-state index in [9.17, 15) is 5.11 Å². The van der Waals surface area contributed by atoms with Gasteiger partial charge in [0.25, 0.3) is 0 Å². The van der Waals surface area contributed by atoms with Crippen LogP contribution in [0.5, 0.6) is 0 Å². The highest BCUT2D eigenvalue weighted by atomic mass is 32.1. The predicted octanol–water partition coefficient (Wildman–Crippen LogP) is 4.40. The molecule has 0 aliphatic rings. The van der Waals surface area contributed by atoms with Gasteiger partial charge in [-0.05, 0) is 26.0 Å². The average Bonchev–Trinajstić information content (AvgIpc) is 2.86. The number of aryl methyl sites for hydroxylation is 1. The van der Waals surface area contributed by atoms with Crippen molar-refractivity contribution in [2.24, 2.45) is 0 Å². The first-order valence-corrected chi connectivity index (χ1v) is 8.13. The Labute approximate surface area is 131 Å². The molecule has 0 radical (unpaired) electrons. The van der Waals surface area contributed by atoms with E-state index in [1.165, 1.54) is 5.56 Å². The Morgan fingerprint density at radius 3 is 2.24 bits per heavy atom. The second-order valence-corrected chi connectivity index (χ2v) is 7.32. The second-order valence-electron chi connectivity index (χ2n) is 6.26. The largest absolute Gasteiger partial charge is 0.391 e. The van der Waals surface area contributed by atoms with E-state index in [1.54, 1.807) is 11.3 Å². The molecular formula is C17H24N2OS. The van der Waals surface area contributed by atoms with Crippen molar-refractivity contribution in [3.05, 3.63) is 40.4 Å². The Bertz CT molecular complexity index is 596. The molecule has 0 fully saturated rings. The van der Waals surface area contributed by atoms with Crippen molar-refractivity contribution in [1.29, 1.82) is 0 Å². The lowest BCUT2D eigenvalue weighted by molar-refractivity contribution is 0.282. The maximum absolute atomic E-state index is 9.61. The highest BCUT2D eigenvalue weighted by Crippen LogP contribution is 2.36. The van der Waals surface area contributed by atoms with E-state index in [0.717, 1.165) is 27.9 Å². The fourth-order valence-electron chi connectivity index (χ4n) is 2.30. The molecule has 2 rings (SSSR count). The molecule has 0 aliphatic heterocycles. The Balaban J connectivity index is 2.43. The molecule has 0 amide bonds. The van der Waals surface area contributed by atoms with Crippen LogP contribution in [-0.2, 0) is 12.0 Å². The van der Waals surface area contributed by atoms with Gasteiger partial charge in [-0.25, -0.2) is 4.98 Å². The highest BCUT2D eigenvalue weighted by molar-refractivity contribution is 7.15. The third kappa shape index (κ3) is 3.44. The van der Waals surface area contributed by atoms with Crippen LogP contribution in [0.3, 0.4) is 0 Å². The average molecular weight is 304 g/mol. The minimum Gasteiger partial charge on any atom is -0.391 e. The molecule has 1 aromatic heterocycles. The molecule has 3 nitrogen and oxygen atoms in total. The van der Waals surface area contributed by atoms with Crippen LogP contribution < -0.4 is 4.90 Å². The molecule has 2 aromatic rings. The van der Waals surface area contributed by atoms with E-state index in [-0.39, 0.29) is 12.0 Å². The zero-order chi connectivity index (χ0) is 15.6. The first-order valence-electron chi connectivity index (χ1n) is 7.32. The Kier molecular flexibility index (Phi) is 4.69. The standard InChI is InChI=1S/C17H24N2OS/c1-6-19(13-9-7-12(2)8-10-13)16-18-15(17(3,4)5)14(11-20)21-16/h7-10,20H,6,11H2,1-5H3. The van der Waals surface area contributed by atoms with Crippen LogP contribution in [0.2, 0.25) is 0 Å². The van der Waals surface area contributed by atoms with Crippen molar-refractivity contribution in [3.63, 3.8) is 0 Å². The zero-order valence-corrected chi connectivity index (χ0v) is 14.3. The van der Waals surface area contributed by atoms with Gasteiger partial charge in [-0.1, -0.05) is 49.8 Å². The van der Waals surface area contributed by atoms with Crippen LogP contribution in [-0.4, -0.2) is 16.6 Å². The molecule has 1 aromatic carbocycles. The molecule has 21 heavy (non-hydrogen) atoms. The van der Waals surface area contributed by atoms with Gasteiger partial charge in [0.05, 0.1) is 17.2 Å². The van der Waals surface area contributed by atoms with Crippen LogP contribution in [0, 0.1) is 6.92 Å². The van der Waals surface area contributed by atoms with Gasteiger partial charge in [0, 0.05) is 17.6 Å². The summed E-state index contributed by atoms with van der Waals surface area (Å²) in [6, 6.07) is 8.47. The Morgan fingerprint density at radius 1 is 1.19 bits per heavy atom. The maximum atomic E-state index is 9.61. The first kappa shape index (κ1) is 16.0. The summed E-state index contributed by atoms with van der Waals surface area (Å²) in [5, 5.41) is 10.6. The van der Waals surface area contributed by atoms with Crippen molar-refractivity contribution >= 4 is 22.2 Å². The van der Waals surface area contributed by atoms with Gasteiger partial charge in [-0.3, -0.25) is 0 Å². The molecule has 0 unspecified atom stereocenters. The summed E-state index contributed by atoms with van der Waals surface area (Å²) in [6.45, 7) is 11.5. The lowest BCUT2D eigenvalue weighted by Gasteiger charge is -2.21. The number of aliphatic hydroxyl groups is 1. The summed E-state index contributed by atoms with van der Waals surface area (Å²) in [6.07, 6.45) is 0. The topological polar surface area (TPSA) is 36.4 Å². The SMILES string of the molecule is CCN(c1ccc(C)cc1)c1nc(C(C)(C)C)c(CO)s1. The number of aliphatic hydroxyl groups excluding tert-OH is 1. The van der Waals surface area contributed by atoms with Crippen molar-refractivity contribution in [3.8, 4) is 0 Å². The quantitative estimate of drug-likeness (QED) is 0.909. The van der Waals surface area contributed by atoms with Gasteiger partial charge in [0.1, 0.15) is 0 Å². The van der Waals surface area contributed by atoms with E-state index in [4.69, 9.17) is 4.98 Å². The van der Waals surface area contributed by atoms with E-state index in [2.05, 4.69) is 63.8 Å².